The van der Waals surface area contributed by atoms with Crippen LogP contribution in [0.2, 0.25) is 0 Å². The van der Waals surface area contributed by atoms with Crippen LogP contribution in [0.25, 0.3) is 0 Å². The van der Waals surface area contributed by atoms with E-state index in [9.17, 15) is 9.90 Å². The number of likely N-dealkylation sites (tertiary alicyclic amines) is 1. The highest BCUT2D eigenvalue weighted by atomic mass is 16.3. The standard InChI is InChI=1S/C16H29NO2/c1-12(2)14-5-6-16(19)15(8-14)10-17-7-3-4-13(9-17)11-18/h12-15,18H,3-11H2,1-2H3. The van der Waals surface area contributed by atoms with Gasteiger partial charge in [0, 0.05) is 32.0 Å². The highest BCUT2D eigenvalue weighted by molar-refractivity contribution is 5.82. The van der Waals surface area contributed by atoms with Crippen LogP contribution in [0.5, 0.6) is 0 Å². The van der Waals surface area contributed by atoms with Gasteiger partial charge in [-0.1, -0.05) is 13.8 Å². The van der Waals surface area contributed by atoms with Gasteiger partial charge in [-0.25, -0.2) is 0 Å². The molecule has 3 nitrogen and oxygen atoms in total. The van der Waals surface area contributed by atoms with E-state index < -0.39 is 0 Å². The molecule has 2 fully saturated rings. The quantitative estimate of drug-likeness (QED) is 0.850. The molecule has 1 aliphatic carbocycles. The molecular weight excluding hydrogens is 238 g/mol. The van der Waals surface area contributed by atoms with E-state index in [1.165, 1.54) is 6.42 Å². The molecule has 3 atom stereocenters. The van der Waals surface area contributed by atoms with Gasteiger partial charge in [0.1, 0.15) is 5.78 Å². The predicted molar refractivity (Wildman–Crippen MR) is 76.9 cm³/mol. The Bertz CT molecular complexity index is 303. The lowest BCUT2D eigenvalue weighted by Crippen LogP contribution is -2.43. The minimum atomic E-state index is 0.249. The first kappa shape index (κ1) is 15.0. The number of piperidine rings is 1. The third-order valence-corrected chi connectivity index (χ3v) is 5.09. The van der Waals surface area contributed by atoms with Gasteiger partial charge in [0.05, 0.1) is 0 Å². The lowest BCUT2D eigenvalue weighted by molar-refractivity contribution is -0.127. The molecule has 1 saturated heterocycles. The van der Waals surface area contributed by atoms with Crippen LogP contribution in [0, 0.1) is 23.7 Å². The van der Waals surface area contributed by atoms with E-state index in [2.05, 4.69) is 18.7 Å². The van der Waals surface area contributed by atoms with Crippen LogP contribution >= 0.6 is 0 Å². The smallest absolute Gasteiger partial charge is 0.137 e. The lowest BCUT2D eigenvalue weighted by Gasteiger charge is -2.37. The van der Waals surface area contributed by atoms with Crippen molar-refractivity contribution in [2.75, 3.05) is 26.2 Å². The van der Waals surface area contributed by atoms with E-state index >= 15 is 0 Å². The summed E-state index contributed by atoms with van der Waals surface area (Å²) >= 11 is 0. The number of ketones is 1. The number of aliphatic hydroxyl groups is 1. The zero-order valence-corrected chi connectivity index (χ0v) is 12.5. The van der Waals surface area contributed by atoms with Crippen molar-refractivity contribution in [1.29, 1.82) is 0 Å². The first-order chi connectivity index (χ1) is 9.10. The average molecular weight is 267 g/mol. The Labute approximate surface area is 117 Å². The molecule has 19 heavy (non-hydrogen) atoms. The molecule has 1 saturated carbocycles. The monoisotopic (exact) mass is 267 g/mol. The molecule has 110 valence electrons. The van der Waals surface area contributed by atoms with E-state index in [0.717, 1.165) is 51.2 Å². The van der Waals surface area contributed by atoms with Crippen molar-refractivity contribution in [3.63, 3.8) is 0 Å². The van der Waals surface area contributed by atoms with Gasteiger partial charge in [-0.2, -0.15) is 0 Å². The molecule has 1 heterocycles. The summed E-state index contributed by atoms with van der Waals surface area (Å²) in [5.41, 5.74) is 0. The number of hydrogen-bond acceptors (Lipinski definition) is 3. The summed E-state index contributed by atoms with van der Waals surface area (Å²) in [6.45, 7) is 7.86. The van der Waals surface area contributed by atoms with Crippen molar-refractivity contribution >= 4 is 5.78 Å². The molecule has 0 spiro atoms. The summed E-state index contributed by atoms with van der Waals surface area (Å²) in [4.78, 5) is 14.5. The molecule has 1 aliphatic heterocycles. The van der Waals surface area contributed by atoms with Gasteiger partial charge >= 0.3 is 0 Å². The van der Waals surface area contributed by atoms with Crippen molar-refractivity contribution in [1.82, 2.24) is 4.90 Å². The Hall–Kier alpha value is -0.410. The first-order valence-corrected chi connectivity index (χ1v) is 7.96. The topological polar surface area (TPSA) is 40.5 Å². The maximum absolute atomic E-state index is 12.1. The van der Waals surface area contributed by atoms with Crippen molar-refractivity contribution in [3.8, 4) is 0 Å². The Morgan fingerprint density at radius 3 is 2.84 bits per heavy atom. The van der Waals surface area contributed by atoms with E-state index in [0.29, 0.717) is 24.2 Å². The number of hydrogen-bond donors (Lipinski definition) is 1. The summed E-state index contributed by atoms with van der Waals surface area (Å²) in [5, 5.41) is 9.29. The molecule has 0 bridgehead atoms. The molecule has 3 unspecified atom stereocenters. The number of carbonyl (C=O) groups excluding carboxylic acids is 1. The number of nitrogens with zero attached hydrogens (tertiary/aromatic N) is 1. The summed E-state index contributed by atoms with van der Waals surface area (Å²) in [6.07, 6.45) is 5.26. The maximum atomic E-state index is 12.1. The fourth-order valence-corrected chi connectivity index (χ4v) is 3.71. The number of carbonyl (C=O) groups is 1. The van der Waals surface area contributed by atoms with Crippen LogP contribution < -0.4 is 0 Å². The molecule has 0 radical (unpaired) electrons. The zero-order chi connectivity index (χ0) is 13.8. The lowest BCUT2D eigenvalue weighted by atomic mass is 9.75. The van der Waals surface area contributed by atoms with Gasteiger partial charge in [-0.05, 0) is 50.0 Å². The fourth-order valence-electron chi connectivity index (χ4n) is 3.71. The Morgan fingerprint density at radius 1 is 1.37 bits per heavy atom. The third-order valence-electron chi connectivity index (χ3n) is 5.09. The normalized spacial score (nSPS) is 33.9. The van der Waals surface area contributed by atoms with Crippen molar-refractivity contribution in [2.45, 2.75) is 46.0 Å². The van der Waals surface area contributed by atoms with Gasteiger partial charge in [0.15, 0.2) is 0 Å². The zero-order valence-electron chi connectivity index (χ0n) is 12.5. The van der Waals surface area contributed by atoms with E-state index in [4.69, 9.17) is 0 Å². The van der Waals surface area contributed by atoms with Crippen LogP contribution in [0.15, 0.2) is 0 Å². The SMILES string of the molecule is CC(C)C1CCC(=O)C(CN2CCCC(CO)C2)C1. The van der Waals surface area contributed by atoms with Crippen molar-refractivity contribution < 1.29 is 9.90 Å². The van der Waals surface area contributed by atoms with Gasteiger partial charge in [-0.3, -0.25) is 4.79 Å². The fraction of sp³-hybridized carbons (Fsp3) is 0.938. The molecule has 2 rings (SSSR count). The molecule has 0 aromatic rings. The van der Waals surface area contributed by atoms with E-state index in [1.54, 1.807) is 0 Å². The van der Waals surface area contributed by atoms with Gasteiger partial charge in [-0.15, -0.1) is 0 Å². The third kappa shape index (κ3) is 4.03. The predicted octanol–water partition coefficient (Wildman–Crippen LogP) is 2.33. The molecule has 0 aromatic carbocycles. The highest BCUT2D eigenvalue weighted by Gasteiger charge is 2.32. The number of aliphatic hydroxyl groups excluding tert-OH is 1. The molecular formula is C16H29NO2. The van der Waals surface area contributed by atoms with Crippen LogP contribution in [0.3, 0.4) is 0 Å². The number of Topliss-reactive ketones (excluding diaryl/α,β-unsaturated/α-hetero) is 1. The summed E-state index contributed by atoms with van der Waals surface area (Å²) in [5.74, 6) is 2.57. The molecule has 3 heteroatoms. The molecule has 2 aliphatic rings. The summed E-state index contributed by atoms with van der Waals surface area (Å²) < 4.78 is 0. The molecule has 0 amide bonds. The van der Waals surface area contributed by atoms with Gasteiger partial charge in [0.2, 0.25) is 0 Å². The van der Waals surface area contributed by atoms with Crippen LogP contribution in [-0.2, 0) is 4.79 Å². The maximum Gasteiger partial charge on any atom is 0.137 e. The Kier molecular flexibility index (Phi) is 5.40. The minimum Gasteiger partial charge on any atom is -0.396 e. The molecule has 1 N–H and O–H groups in total. The van der Waals surface area contributed by atoms with Gasteiger partial charge in [0.25, 0.3) is 0 Å². The van der Waals surface area contributed by atoms with E-state index in [-0.39, 0.29) is 5.92 Å². The minimum absolute atomic E-state index is 0.249. The van der Waals surface area contributed by atoms with Crippen LogP contribution in [0.4, 0.5) is 0 Å². The number of rotatable bonds is 4. The van der Waals surface area contributed by atoms with Gasteiger partial charge < -0.3 is 10.0 Å². The Morgan fingerprint density at radius 2 is 2.16 bits per heavy atom. The average Bonchev–Trinajstić information content (AvgIpc) is 2.41. The second-order valence-electron chi connectivity index (χ2n) is 6.89. The van der Waals surface area contributed by atoms with Crippen molar-refractivity contribution in [2.24, 2.45) is 23.7 Å². The second kappa shape index (κ2) is 6.85. The summed E-state index contributed by atoms with van der Waals surface area (Å²) in [7, 11) is 0. The summed E-state index contributed by atoms with van der Waals surface area (Å²) in [6, 6.07) is 0. The highest BCUT2D eigenvalue weighted by Crippen LogP contribution is 2.32. The first-order valence-electron chi connectivity index (χ1n) is 7.96. The van der Waals surface area contributed by atoms with Crippen LogP contribution in [-0.4, -0.2) is 42.0 Å². The molecule has 0 aromatic heterocycles. The van der Waals surface area contributed by atoms with Crippen molar-refractivity contribution in [3.05, 3.63) is 0 Å². The second-order valence-corrected chi connectivity index (χ2v) is 6.89. The largest absolute Gasteiger partial charge is 0.396 e. The Balaban J connectivity index is 1.87. The van der Waals surface area contributed by atoms with Crippen LogP contribution in [0.1, 0.15) is 46.0 Å². The van der Waals surface area contributed by atoms with E-state index in [1.807, 2.05) is 0 Å².